The molecule has 0 unspecified atom stereocenters. The van der Waals surface area contributed by atoms with Gasteiger partial charge in [0.25, 0.3) is 0 Å². The lowest BCUT2D eigenvalue weighted by molar-refractivity contribution is 0.341. The molecular formula is C14H19BrFN3S. The van der Waals surface area contributed by atoms with E-state index in [2.05, 4.69) is 25.6 Å². The van der Waals surface area contributed by atoms with Crippen LogP contribution < -0.4 is 5.32 Å². The monoisotopic (exact) mass is 359 g/mol. The van der Waals surface area contributed by atoms with Crippen LogP contribution in [0.4, 0.5) is 4.39 Å². The van der Waals surface area contributed by atoms with Gasteiger partial charge in [0.15, 0.2) is 0 Å². The van der Waals surface area contributed by atoms with E-state index in [-0.39, 0.29) is 10.6 Å². The summed E-state index contributed by atoms with van der Waals surface area (Å²) in [7, 11) is 1.97. The fourth-order valence-corrected chi connectivity index (χ4v) is 4.06. The van der Waals surface area contributed by atoms with Crippen LogP contribution in [0.5, 0.6) is 0 Å². The minimum atomic E-state index is -0.638. The fraction of sp³-hybridized carbons (Fsp3) is 0.500. The summed E-state index contributed by atoms with van der Waals surface area (Å²) in [4.78, 5) is 0. The van der Waals surface area contributed by atoms with Crippen molar-refractivity contribution in [1.29, 1.82) is 5.41 Å². The summed E-state index contributed by atoms with van der Waals surface area (Å²) in [6.07, 6.45) is 0. The van der Waals surface area contributed by atoms with Crippen molar-refractivity contribution in [3.63, 3.8) is 0 Å². The van der Waals surface area contributed by atoms with E-state index in [0.29, 0.717) is 17.9 Å². The summed E-state index contributed by atoms with van der Waals surface area (Å²) >= 11 is 4.98. The first-order valence-corrected chi connectivity index (χ1v) is 7.94. The number of amidine groups is 1. The van der Waals surface area contributed by atoms with Gasteiger partial charge in [0.2, 0.25) is 0 Å². The first kappa shape index (κ1) is 15.8. The number of benzene rings is 1. The molecular weight excluding hydrogens is 341 g/mol. The van der Waals surface area contributed by atoms with Crippen molar-refractivity contribution in [2.24, 2.45) is 0 Å². The fourth-order valence-electron chi connectivity index (χ4n) is 2.45. The molecule has 0 amide bonds. The van der Waals surface area contributed by atoms with E-state index >= 15 is 0 Å². The molecule has 1 aromatic carbocycles. The van der Waals surface area contributed by atoms with Gasteiger partial charge in [-0.05, 0) is 46.0 Å². The molecule has 0 saturated carbocycles. The summed E-state index contributed by atoms with van der Waals surface area (Å²) in [6, 6.07) is 4.93. The van der Waals surface area contributed by atoms with Crippen molar-refractivity contribution in [2.75, 3.05) is 13.6 Å². The molecule has 2 rings (SSSR count). The van der Waals surface area contributed by atoms with Crippen LogP contribution in [0, 0.1) is 11.2 Å². The van der Waals surface area contributed by atoms with Gasteiger partial charge in [0, 0.05) is 16.6 Å². The van der Waals surface area contributed by atoms with Crippen LogP contribution >= 0.6 is 27.9 Å². The van der Waals surface area contributed by atoms with E-state index in [4.69, 9.17) is 5.41 Å². The molecule has 0 spiro atoms. The molecule has 1 aliphatic rings. The van der Waals surface area contributed by atoms with Crippen LogP contribution in [-0.2, 0) is 5.54 Å². The third-order valence-corrected chi connectivity index (χ3v) is 5.04. The van der Waals surface area contributed by atoms with Crippen LogP contribution in [0.1, 0.15) is 26.3 Å². The average Bonchev–Trinajstić information content (AvgIpc) is 2.37. The molecule has 20 heavy (non-hydrogen) atoms. The zero-order valence-electron chi connectivity index (χ0n) is 12.1. The van der Waals surface area contributed by atoms with Crippen molar-refractivity contribution in [3.05, 3.63) is 34.1 Å². The summed E-state index contributed by atoms with van der Waals surface area (Å²) in [6.45, 7) is 6.53. The molecule has 1 atom stereocenters. The molecule has 0 aliphatic carbocycles. The smallest absolute Gasteiger partial charge is 0.128 e. The SMILES string of the molecule is CN1C[C@@](C)(c2cc(Br)ccc2F)NC(=N)C(C)(C)S1. The molecule has 1 saturated heterocycles. The third kappa shape index (κ3) is 3.02. The second-order valence-corrected chi connectivity index (χ2v) is 8.59. The molecule has 110 valence electrons. The van der Waals surface area contributed by atoms with Gasteiger partial charge in [-0.2, -0.15) is 0 Å². The van der Waals surface area contributed by atoms with Crippen LogP contribution in [0.3, 0.4) is 0 Å². The third-order valence-electron chi connectivity index (χ3n) is 3.45. The Hall–Kier alpha value is -0.590. The van der Waals surface area contributed by atoms with Gasteiger partial charge < -0.3 is 5.32 Å². The number of hydrogen-bond donors (Lipinski definition) is 2. The number of nitrogens with zero attached hydrogens (tertiary/aromatic N) is 1. The summed E-state index contributed by atoms with van der Waals surface area (Å²) < 4.78 is 16.8. The second-order valence-electron chi connectivity index (χ2n) is 5.84. The first-order valence-electron chi connectivity index (χ1n) is 6.37. The number of nitrogens with one attached hydrogen (secondary N) is 2. The Labute approximate surface area is 132 Å². The van der Waals surface area contributed by atoms with E-state index in [1.807, 2.05) is 27.8 Å². The molecule has 1 aromatic rings. The Morgan fingerprint density at radius 3 is 2.70 bits per heavy atom. The second kappa shape index (κ2) is 5.31. The van der Waals surface area contributed by atoms with Crippen LogP contribution in [0.2, 0.25) is 0 Å². The molecule has 3 nitrogen and oxygen atoms in total. The molecule has 1 fully saturated rings. The van der Waals surface area contributed by atoms with Crippen molar-refractivity contribution in [3.8, 4) is 0 Å². The van der Waals surface area contributed by atoms with Gasteiger partial charge in [-0.25, -0.2) is 4.39 Å². The molecule has 0 radical (unpaired) electrons. The normalized spacial score (nSPS) is 27.0. The lowest BCUT2D eigenvalue weighted by Gasteiger charge is -2.33. The minimum Gasteiger partial charge on any atom is -0.362 e. The molecule has 0 bridgehead atoms. The Morgan fingerprint density at radius 2 is 2.05 bits per heavy atom. The standard InChI is InChI=1S/C14H19BrFN3S/c1-13(2)12(17)18-14(3,8-19(4)20-13)10-7-9(15)5-6-11(10)16/h5-7H,8H2,1-4H3,(H2,17,18)/t14-/m0/s1. The van der Waals surface area contributed by atoms with Crippen molar-refractivity contribution in [2.45, 2.75) is 31.1 Å². The highest BCUT2D eigenvalue weighted by atomic mass is 79.9. The topological polar surface area (TPSA) is 39.1 Å². The lowest BCUT2D eigenvalue weighted by atomic mass is 9.90. The van der Waals surface area contributed by atoms with Crippen molar-refractivity contribution < 1.29 is 4.39 Å². The van der Waals surface area contributed by atoms with Crippen LogP contribution in [0.25, 0.3) is 0 Å². The Morgan fingerprint density at radius 1 is 1.40 bits per heavy atom. The minimum absolute atomic E-state index is 0.255. The maximum atomic E-state index is 14.2. The number of rotatable bonds is 1. The highest BCUT2D eigenvalue weighted by Crippen LogP contribution is 2.37. The van der Waals surface area contributed by atoms with E-state index in [9.17, 15) is 4.39 Å². The molecule has 2 N–H and O–H groups in total. The van der Waals surface area contributed by atoms with Crippen LogP contribution in [0.15, 0.2) is 22.7 Å². The summed E-state index contributed by atoms with van der Waals surface area (Å²) in [5.74, 6) is 0.155. The van der Waals surface area contributed by atoms with E-state index in [1.54, 1.807) is 24.1 Å². The van der Waals surface area contributed by atoms with Crippen molar-refractivity contribution in [1.82, 2.24) is 9.62 Å². The zero-order valence-corrected chi connectivity index (χ0v) is 14.5. The average molecular weight is 360 g/mol. The predicted octanol–water partition coefficient (Wildman–Crippen LogP) is 3.74. The maximum absolute atomic E-state index is 14.2. The Balaban J connectivity index is 2.48. The first-order chi connectivity index (χ1) is 9.14. The van der Waals surface area contributed by atoms with E-state index in [1.165, 1.54) is 6.07 Å². The molecule has 1 heterocycles. The Bertz CT molecular complexity index is 549. The summed E-state index contributed by atoms with van der Waals surface area (Å²) in [5, 5.41) is 11.5. The molecule has 1 aliphatic heterocycles. The van der Waals surface area contributed by atoms with Gasteiger partial charge in [0.05, 0.1) is 10.3 Å². The highest BCUT2D eigenvalue weighted by Gasteiger charge is 2.40. The number of halogens is 2. The van der Waals surface area contributed by atoms with Gasteiger partial charge in [-0.3, -0.25) is 9.71 Å². The Kier molecular flexibility index (Phi) is 4.19. The number of hydrogen-bond acceptors (Lipinski definition) is 3. The predicted molar refractivity (Wildman–Crippen MR) is 86.6 cm³/mol. The quantitative estimate of drug-likeness (QED) is 0.750. The van der Waals surface area contributed by atoms with Crippen LogP contribution in [-0.4, -0.2) is 28.5 Å². The number of likely N-dealkylation sites (N-methyl/N-ethyl adjacent to an activating group) is 1. The highest BCUT2D eigenvalue weighted by molar-refractivity contribution is 9.10. The van der Waals surface area contributed by atoms with Gasteiger partial charge >= 0.3 is 0 Å². The summed E-state index contributed by atoms with van der Waals surface area (Å²) in [5.41, 5.74) is -0.0673. The molecule has 0 aromatic heterocycles. The lowest BCUT2D eigenvalue weighted by Crippen LogP contribution is -2.50. The largest absolute Gasteiger partial charge is 0.362 e. The van der Waals surface area contributed by atoms with Gasteiger partial charge in [0.1, 0.15) is 11.7 Å². The van der Waals surface area contributed by atoms with Gasteiger partial charge in [-0.1, -0.05) is 27.9 Å². The van der Waals surface area contributed by atoms with Gasteiger partial charge in [-0.15, -0.1) is 0 Å². The maximum Gasteiger partial charge on any atom is 0.128 e. The zero-order chi connectivity index (χ0) is 15.1. The molecule has 6 heteroatoms. The van der Waals surface area contributed by atoms with E-state index in [0.717, 1.165) is 4.47 Å². The van der Waals surface area contributed by atoms with Crippen molar-refractivity contribution >= 4 is 33.7 Å². The van der Waals surface area contributed by atoms with E-state index < -0.39 is 5.54 Å².